The molecule has 1 saturated heterocycles. The Hall–Kier alpha value is -1.26. The quantitative estimate of drug-likeness (QED) is 0.766. The molecule has 0 radical (unpaired) electrons. The second-order valence-electron chi connectivity index (χ2n) is 5.70. The van der Waals surface area contributed by atoms with Crippen LogP contribution in [0.4, 0.5) is 4.79 Å². The standard InChI is InChI=1S/C12H21NO4/c1-7-6-9(10(14)15)13(8(7)2)11(16)17-12(3,4)5/h7-9H,6H2,1-5H3,(H,14,15)/t7-,8+,9-/m0/s1. The summed E-state index contributed by atoms with van der Waals surface area (Å²) in [4.78, 5) is 24.4. The van der Waals surface area contributed by atoms with Crippen molar-refractivity contribution in [3.8, 4) is 0 Å². The van der Waals surface area contributed by atoms with Crippen LogP contribution in [-0.4, -0.2) is 39.8 Å². The van der Waals surface area contributed by atoms with Crippen LogP contribution in [0.2, 0.25) is 0 Å². The molecule has 0 saturated carbocycles. The largest absolute Gasteiger partial charge is 0.480 e. The van der Waals surface area contributed by atoms with Crippen LogP contribution in [-0.2, 0) is 9.53 Å². The third-order valence-electron chi connectivity index (χ3n) is 3.08. The van der Waals surface area contributed by atoms with Gasteiger partial charge >= 0.3 is 12.1 Å². The first-order valence-electron chi connectivity index (χ1n) is 5.87. The van der Waals surface area contributed by atoms with E-state index < -0.39 is 23.7 Å². The first kappa shape index (κ1) is 13.8. The molecule has 0 bridgehead atoms. The minimum atomic E-state index is -0.966. The summed E-state index contributed by atoms with van der Waals surface area (Å²) >= 11 is 0. The minimum Gasteiger partial charge on any atom is -0.480 e. The summed E-state index contributed by atoms with van der Waals surface area (Å²) in [6, 6.07) is -0.874. The summed E-state index contributed by atoms with van der Waals surface area (Å²) in [5.74, 6) is -0.796. The Labute approximate surface area is 102 Å². The van der Waals surface area contributed by atoms with Gasteiger partial charge in [0.15, 0.2) is 0 Å². The molecule has 0 aromatic rings. The number of hydrogen-bond donors (Lipinski definition) is 1. The third kappa shape index (κ3) is 3.11. The second-order valence-corrected chi connectivity index (χ2v) is 5.70. The number of hydrogen-bond acceptors (Lipinski definition) is 3. The SMILES string of the molecule is C[C@@H]1[C@@H](C)C[C@@H](C(=O)O)N1C(=O)OC(C)(C)C. The molecule has 5 heteroatoms. The zero-order valence-electron chi connectivity index (χ0n) is 11.1. The average Bonchev–Trinajstić information content (AvgIpc) is 2.40. The van der Waals surface area contributed by atoms with Crippen molar-refractivity contribution in [3.05, 3.63) is 0 Å². The van der Waals surface area contributed by atoms with Crippen LogP contribution in [0.5, 0.6) is 0 Å². The molecule has 1 amide bonds. The fourth-order valence-electron chi connectivity index (χ4n) is 2.05. The van der Waals surface area contributed by atoms with E-state index in [1.807, 2.05) is 13.8 Å². The van der Waals surface area contributed by atoms with Crippen LogP contribution >= 0.6 is 0 Å². The van der Waals surface area contributed by atoms with Gasteiger partial charge in [0.05, 0.1) is 0 Å². The molecule has 1 rings (SSSR count). The van der Waals surface area contributed by atoms with Crippen molar-refractivity contribution in [2.75, 3.05) is 0 Å². The van der Waals surface area contributed by atoms with Gasteiger partial charge in [0.1, 0.15) is 11.6 Å². The molecule has 3 atom stereocenters. The summed E-state index contributed by atoms with van der Waals surface area (Å²) < 4.78 is 5.24. The molecule has 98 valence electrons. The van der Waals surface area contributed by atoms with Crippen molar-refractivity contribution in [2.24, 2.45) is 5.92 Å². The Morgan fingerprint density at radius 3 is 2.24 bits per heavy atom. The predicted octanol–water partition coefficient (Wildman–Crippen LogP) is 2.10. The Bertz CT molecular complexity index is 321. The van der Waals surface area contributed by atoms with Crippen LogP contribution in [0.15, 0.2) is 0 Å². The molecule has 0 aliphatic carbocycles. The van der Waals surface area contributed by atoms with Crippen molar-refractivity contribution in [3.63, 3.8) is 0 Å². The first-order chi connectivity index (χ1) is 7.63. The third-order valence-corrected chi connectivity index (χ3v) is 3.08. The van der Waals surface area contributed by atoms with E-state index in [9.17, 15) is 9.59 Å². The van der Waals surface area contributed by atoms with Crippen LogP contribution in [0, 0.1) is 5.92 Å². The molecule has 5 nitrogen and oxygen atoms in total. The lowest BCUT2D eigenvalue weighted by Crippen LogP contribution is -2.46. The van der Waals surface area contributed by atoms with Crippen molar-refractivity contribution >= 4 is 12.1 Å². The van der Waals surface area contributed by atoms with Crippen LogP contribution < -0.4 is 0 Å². The Morgan fingerprint density at radius 1 is 1.29 bits per heavy atom. The molecule has 1 heterocycles. The van der Waals surface area contributed by atoms with Gasteiger partial charge in [-0.15, -0.1) is 0 Å². The lowest BCUT2D eigenvalue weighted by Gasteiger charge is -2.30. The van der Waals surface area contributed by atoms with Gasteiger partial charge in [-0.1, -0.05) is 6.92 Å². The highest BCUT2D eigenvalue weighted by atomic mass is 16.6. The molecule has 0 aromatic carbocycles. The van der Waals surface area contributed by atoms with E-state index >= 15 is 0 Å². The van der Waals surface area contributed by atoms with E-state index in [0.717, 1.165) is 0 Å². The maximum absolute atomic E-state index is 12.0. The summed E-state index contributed by atoms with van der Waals surface area (Å²) in [5, 5.41) is 9.12. The molecule has 0 unspecified atom stereocenters. The first-order valence-corrected chi connectivity index (χ1v) is 5.87. The van der Waals surface area contributed by atoms with E-state index in [1.54, 1.807) is 20.8 Å². The van der Waals surface area contributed by atoms with Crippen molar-refractivity contribution < 1.29 is 19.4 Å². The van der Waals surface area contributed by atoms with Gasteiger partial charge < -0.3 is 9.84 Å². The van der Waals surface area contributed by atoms with E-state index in [0.29, 0.717) is 6.42 Å². The summed E-state index contributed by atoms with van der Waals surface area (Å²) in [6.45, 7) is 9.11. The highest BCUT2D eigenvalue weighted by Gasteiger charge is 2.44. The lowest BCUT2D eigenvalue weighted by molar-refractivity contribution is -0.142. The maximum Gasteiger partial charge on any atom is 0.411 e. The van der Waals surface area contributed by atoms with E-state index in [2.05, 4.69) is 0 Å². The van der Waals surface area contributed by atoms with Gasteiger partial charge in [0.25, 0.3) is 0 Å². The molecule has 0 spiro atoms. The number of carboxylic acid groups (broad SMARTS) is 1. The van der Waals surface area contributed by atoms with E-state index in [4.69, 9.17) is 9.84 Å². The number of carboxylic acids is 1. The fraction of sp³-hybridized carbons (Fsp3) is 0.833. The van der Waals surface area contributed by atoms with Gasteiger partial charge in [-0.3, -0.25) is 4.90 Å². The molecule has 17 heavy (non-hydrogen) atoms. The zero-order chi connectivity index (χ0) is 13.4. The van der Waals surface area contributed by atoms with Crippen LogP contribution in [0.3, 0.4) is 0 Å². The fourth-order valence-corrected chi connectivity index (χ4v) is 2.05. The predicted molar refractivity (Wildman–Crippen MR) is 62.7 cm³/mol. The van der Waals surface area contributed by atoms with E-state index in [1.165, 1.54) is 4.90 Å². The number of nitrogens with zero attached hydrogens (tertiary/aromatic N) is 1. The Morgan fingerprint density at radius 2 is 1.82 bits per heavy atom. The number of amides is 1. The smallest absolute Gasteiger partial charge is 0.411 e. The van der Waals surface area contributed by atoms with Gasteiger partial charge in [-0.25, -0.2) is 9.59 Å². The molecule has 0 aromatic heterocycles. The van der Waals surface area contributed by atoms with Gasteiger partial charge in [0, 0.05) is 6.04 Å². The van der Waals surface area contributed by atoms with Crippen molar-refractivity contribution in [1.82, 2.24) is 4.90 Å². The van der Waals surface area contributed by atoms with Crippen molar-refractivity contribution in [2.45, 2.75) is 58.7 Å². The second kappa shape index (κ2) is 4.55. The summed E-state index contributed by atoms with van der Waals surface area (Å²) in [5.41, 5.74) is -0.605. The molecule has 1 aliphatic rings. The Balaban J connectivity index is 2.85. The number of aliphatic carboxylic acids is 1. The number of ether oxygens (including phenoxy) is 1. The summed E-state index contributed by atoms with van der Waals surface area (Å²) in [6.07, 6.45) is -0.0582. The summed E-state index contributed by atoms with van der Waals surface area (Å²) in [7, 11) is 0. The van der Waals surface area contributed by atoms with E-state index in [-0.39, 0.29) is 12.0 Å². The molecule has 1 fully saturated rings. The number of likely N-dealkylation sites (tertiary alicyclic amines) is 1. The molecular weight excluding hydrogens is 222 g/mol. The van der Waals surface area contributed by atoms with Crippen LogP contribution in [0.25, 0.3) is 0 Å². The number of carbonyl (C=O) groups excluding carboxylic acids is 1. The van der Waals surface area contributed by atoms with Crippen molar-refractivity contribution in [1.29, 1.82) is 0 Å². The highest BCUT2D eigenvalue weighted by molar-refractivity contribution is 5.81. The maximum atomic E-state index is 12.0. The molecular formula is C12H21NO4. The molecule has 1 N–H and O–H groups in total. The average molecular weight is 243 g/mol. The van der Waals surface area contributed by atoms with Gasteiger partial charge in [-0.2, -0.15) is 0 Å². The highest BCUT2D eigenvalue weighted by Crippen LogP contribution is 2.31. The van der Waals surface area contributed by atoms with Crippen LogP contribution in [0.1, 0.15) is 41.0 Å². The Kier molecular flexibility index (Phi) is 3.69. The number of rotatable bonds is 1. The minimum absolute atomic E-state index is 0.106. The topological polar surface area (TPSA) is 66.8 Å². The monoisotopic (exact) mass is 243 g/mol. The normalized spacial score (nSPS) is 29.2. The molecule has 1 aliphatic heterocycles. The van der Waals surface area contributed by atoms with Gasteiger partial charge in [-0.05, 0) is 40.0 Å². The lowest BCUT2D eigenvalue weighted by atomic mass is 10.0. The zero-order valence-corrected chi connectivity index (χ0v) is 11.1. The van der Waals surface area contributed by atoms with Gasteiger partial charge in [0.2, 0.25) is 0 Å². The number of carbonyl (C=O) groups is 2.